The Labute approximate surface area is 491 Å². The largest absolute Gasteiger partial charge is 0.462 e. The molecule has 0 spiro atoms. The second-order valence-corrected chi connectivity index (χ2v) is 24.1. The number of ether oxygens (including phenoxy) is 4. The highest BCUT2D eigenvalue weighted by molar-refractivity contribution is 5.71. The SMILES string of the molecule is CCCCCCCC/C=C\CCCCCCCC(=O)OC[C@@H](COC(=O)CCCCCCCCCCCCCCCCC)OC(=O)CCCCCCCCC(CCCCCC)OC(=O)CCCCCCCCCCCCCCC. The minimum Gasteiger partial charge on any atom is -0.462 e. The van der Waals surface area contributed by atoms with Gasteiger partial charge in [0.1, 0.15) is 19.3 Å². The van der Waals surface area contributed by atoms with Crippen LogP contribution >= 0.6 is 0 Å². The van der Waals surface area contributed by atoms with Crippen molar-refractivity contribution in [2.45, 2.75) is 406 Å². The molecule has 0 saturated heterocycles. The highest BCUT2D eigenvalue weighted by Crippen LogP contribution is 2.20. The minimum atomic E-state index is -0.811. The summed E-state index contributed by atoms with van der Waals surface area (Å²) in [7, 11) is 0. The maximum atomic E-state index is 13.1. The van der Waals surface area contributed by atoms with Gasteiger partial charge in [-0.05, 0) is 77.0 Å². The number of carbonyl (C=O) groups excluding carboxylic acids is 4. The van der Waals surface area contributed by atoms with E-state index in [4.69, 9.17) is 18.9 Å². The van der Waals surface area contributed by atoms with E-state index < -0.39 is 6.10 Å². The zero-order valence-electron chi connectivity index (χ0n) is 53.3. The molecule has 0 saturated carbocycles. The first-order chi connectivity index (χ1) is 38.9. The molecular weight excluding hydrogens is 981 g/mol. The molecule has 8 heteroatoms. The molecule has 0 aliphatic carbocycles. The molecule has 0 rings (SSSR count). The summed E-state index contributed by atoms with van der Waals surface area (Å²) in [6, 6.07) is 0. The van der Waals surface area contributed by atoms with E-state index in [0.29, 0.717) is 19.3 Å². The smallest absolute Gasteiger partial charge is 0.306 e. The number of hydrogen-bond donors (Lipinski definition) is 0. The van der Waals surface area contributed by atoms with Crippen LogP contribution in [0.5, 0.6) is 0 Å². The third kappa shape index (κ3) is 61.5. The molecule has 0 aromatic heterocycles. The Balaban J connectivity index is 4.64. The second-order valence-electron chi connectivity index (χ2n) is 24.1. The predicted octanol–water partition coefficient (Wildman–Crippen LogP) is 22.8. The molecule has 0 aromatic rings. The summed E-state index contributed by atoms with van der Waals surface area (Å²) in [6.07, 6.45) is 69.4. The van der Waals surface area contributed by atoms with Gasteiger partial charge in [0.25, 0.3) is 0 Å². The Morgan fingerprint density at radius 2 is 0.468 bits per heavy atom. The number of allylic oxidation sites excluding steroid dienone is 2. The van der Waals surface area contributed by atoms with Gasteiger partial charge < -0.3 is 18.9 Å². The van der Waals surface area contributed by atoms with E-state index in [-0.39, 0.29) is 49.6 Å². The quantitative estimate of drug-likeness (QED) is 0.0257. The molecule has 0 heterocycles. The lowest BCUT2D eigenvalue weighted by atomic mass is 10.0. The lowest BCUT2D eigenvalue weighted by Gasteiger charge is -2.18. The van der Waals surface area contributed by atoms with Gasteiger partial charge in [-0.3, -0.25) is 19.2 Å². The molecule has 8 nitrogen and oxygen atoms in total. The average Bonchev–Trinajstić information content (AvgIpc) is 3.44. The lowest BCUT2D eigenvalue weighted by Crippen LogP contribution is -2.30. The fraction of sp³-hybridized carbons (Fsp3) is 0.915. The van der Waals surface area contributed by atoms with Gasteiger partial charge in [-0.2, -0.15) is 0 Å². The fourth-order valence-electron chi connectivity index (χ4n) is 10.8. The molecule has 0 aliphatic rings. The zero-order chi connectivity index (χ0) is 57.4. The van der Waals surface area contributed by atoms with Crippen LogP contribution in [0.3, 0.4) is 0 Å². The van der Waals surface area contributed by atoms with Crippen LogP contribution < -0.4 is 0 Å². The van der Waals surface area contributed by atoms with E-state index in [1.54, 1.807) is 0 Å². The lowest BCUT2D eigenvalue weighted by molar-refractivity contribution is -0.167. The number of esters is 4. The van der Waals surface area contributed by atoms with Crippen LogP contribution in [0.1, 0.15) is 394 Å². The van der Waals surface area contributed by atoms with Crippen LogP contribution in [0.2, 0.25) is 0 Å². The summed E-state index contributed by atoms with van der Waals surface area (Å²) in [5, 5.41) is 0. The first kappa shape index (κ1) is 76.6. The summed E-state index contributed by atoms with van der Waals surface area (Å²) in [5.41, 5.74) is 0. The first-order valence-corrected chi connectivity index (χ1v) is 35.2. The van der Waals surface area contributed by atoms with Crippen molar-refractivity contribution in [2.75, 3.05) is 13.2 Å². The van der Waals surface area contributed by atoms with Crippen molar-refractivity contribution in [3.63, 3.8) is 0 Å². The molecule has 0 radical (unpaired) electrons. The van der Waals surface area contributed by atoms with Crippen LogP contribution in [0.25, 0.3) is 0 Å². The van der Waals surface area contributed by atoms with Crippen LogP contribution in [-0.4, -0.2) is 49.3 Å². The Hall–Kier alpha value is -2.38. The molecule has 79 heavy (non-hydrogen) atoms. The van der Waals surface area contributed by atoms with Crippen molar-refractivity contribution >= 4 is 23.9 Å². The Morgan fingerprint density at radius 1 is 0.253 bits per heavy atom. The van der Waals surface area contributed by atoms with Gasteiger partial charge in [-0.25, -0.2) is 0 Å². The number of rotatable bonds is 65. The average molecular weight is 1120 g/mol. The molecule has 0 amide bonds. The Kier molecular flexibility index (Phi) is 62.8. The van der Waals surface area contributed by atoms with Crippen molar-refractivity contribution < 1.29 is 38.1 Å². The molecule has 0 fully saturated rings. The summed E-state index contributed by atoms with van der Waals surface area (Å²) in [4.78, 5) is 51.5. The number of unbranched alkanes of at least 4 members (excludes halogenated alkanes) is 45. The van der Waals surface area contributed by atoms with Gasteiger partial charge >= 0.3 is 23.9 Å². The van der Waals surface area contributed by atoms with Crippen molar-refractivity contribution in [1.82, 2.24) is 0 Å². The van der Waals surface area contributed by atoms with E-state index in [1.165, 1.54) is 218 Å². The third-order valence-corrected chi connectivity index (χ3v) is 16.1. The molecule has 2 atom stereocenters. The summed E-state index contributed by atoms with van der Waals surface area (Å²) in [5.74, 6) is -0.948. The van der Waals surface area contributed by atoms with Gasteiger partial charge in [0, 0.05) is 25.7 Å². The van der Waals surface area contributed by atoms with Crippen LogP contribution in [-0.2, 0) is 38.1 Å². The third-order valence-electron chi connectivity index (χ3n) is 16.1. The molecule has 0 aliphatic heterocycles. The minimum absolute atomic E-state index is 0.0156. The maximum absolute atomic E-state index is 13.1. The molecule has 0 bridgehead atoms. The Morgan fingerprint density at radius 3 is 0.759 bits per heavy atom. The van der Waals surface area contributed by atoms with E-state index >= 15 is 0 Å². The van der Waals surface area contributed by atoms with Gasteiger partial charge in [0.05, 0.1) is 0 Å². The standard InChI is InChI=1S/C71H134O8/c1-5-9-13-17-20-23-26-29-31-34-36-39-42-48-54-60-68(72)76-64-67(65-77-69(73)61-55-49-43-40-37-35-32-30-27-24-21-18-14-10-6-2)79-71(75)63-57-51-46-45-47-53-59-66(58-52-16-12-8-4)78-70(74)62-56-50-44-41-38-33-28-25-22-19-15-11-7-3/h29,31,66-67H,5-28,30,32-65H2,1-4H3/b31-29-/t66?,67-/m0/s1. The normalized spacial score (nSPS) is 12.3. The number of carbonyl (C=O) groups is 4. The van der Waals surface area contributed by atoms with Crippen LogP contribution in [0.15, 0.2) is 12.2 Å². The molecular formula is C71H134O8. The van der Waals surface area contributed by atoms with Crippen LogP contribution in [0, 0.1) is 0 Å². The highest BCUT2D eigenvalue weighted by atomic mass is 16.6. The van der Waals surface area contributed by atoms with Crippen molar-refractivity contribution in [3.05, 3.63) is 12.2 Å². The molecule has 0 N–H and O–H groups in total. The Bertz CT molecular complexity index is 1310. The van der Waals surface area contributed by atoms with E-state index in [1.807, 2.05) is 0 Å². The maximum Gasteiger partial charge on any atom is 0.306 e. The molecule has 1 unspecified atom stereocenters. The first-order valence-electron chi connectivity index (χ1n) is 35.2. The predicted molar refractivity (Wildman–Crippen MR) is 337 cm³/mol. The highest BCUT2D eigenvalue weighted by Gasteiger charge is 2.20. The van der Waals surface area contributed by atoms with Gasteiger partial charge in [-0.15, -0.1) is 0 Å². The molecule has 466 valence electrons. The van der Waals surface area contributed by atoms with E-state index in [0.717, 1.165) is 122 Å². The summed E-state index contributed by atoms with van der Waals surface area (Å²) in [6.45, 7) is 8.85. The topological polar surface area (TPSA) is 105 Å². The van der Waals surface area contributed by atoms with Gasteiger partial charge in [0.2, 0.25) is 0 Å². The zero-order valence-corrected chi connectivity index (χ0v) is 53.3. The monoisotopic (exact) mass is 1120 g/mol. The summed E-state index contributed by atoms with van der Waals surface area (Å²) >= 11 is 0. The van der Waals surface area contributed by atoms with Crippen molar-refractivity contribution in [1.29, 1.82) is 0 Å². The summed E-state index contributed by atoms with van der Waals surface area (Å²) < 4.78 is 23.1. The van der Waals surface area contributed by atoms with E-state index in [9.17, 15) is 19.2 Å². The van der Waals surface area contributed by atoms with Crippen molar-refractivity contribution in [2.24, 2.45) is 0 Å². The fourth-order valence-corrected chi connectivity index (χ4v) is 10.8. The van der Waals surface area contributed by atoms with Gasteiger partial charge in [0.15, 0.2) is 6.10 Å². The molecule has 0 aromatic carbocycles. The van der Waals surface area contributed by atoms with E-state index in [2.05, 4.69) is 39.8 Å². The van der Waals surface area contributed by atoms with Crippen molar-refractivity contribution in [3.8, 4) is 0 Å². The number of hydrogen-bond acceptors (Lipinski definition) is 8. The van der Waals surface area contributed by atoms with Gasteiger partial charge in [-0.1, -0.05) is 303 Å². The second kappa shape index (κ2) is 64.8. The van der Waals surface area contributed by atoms with Crippen LogP contribution in [0.4, 0.5) is 0 Å².